The van der Waals surface area contributed by atoms with Crippen LogP contribution in [0.4, 0.5) is 0 Å². The van der Waals surface area contributed by atoms with E-state index in [0.29, 0.717) is 0 Å². The SMILES string of the molecule is CC(C)(O)CN1CCN(CCCOc2ccccc2)CC1. The number of aliphatic hydroxyl groups is 1. The number of nitrogens with zero attached hydrogens (tertiary/aromatic N) is 2. The number of piperazine rings is 1. The number of para-hydroxylation sites is 1. The molecule has 0 saturated carbocycles. The second kappa shape index (κ2) is 7.78. The standard InChI is InChI=1S/C17H28N2O2/c1-17(2,20)15-19-12-10-18(11-13-19)9-6-14-21-16-7-4-3-5-8-16/h3-5,7-8,20H,6,9-15H2,1-2H3. The maximum atomic E-state index is 9.85. The largest absolute Gasteiger partial charge is 0.494 e. The Balaban J connectivity index is 1.57. The van der Waals surface area contributed by atoms with Gasteiger partial charge in [0, 0.05) is 39.3 Å². The van der Waals surface area contributed by atoms with E-state index in [4.69, 9.17) is 4.74 Å². The lowest BCUT2D eigenvalue weighted by Gasteiger charge is -2.37. The molecule has 1 aliphatic heterocycles. The van der Waals surface area contributed by atoms with Gasteiger partial charge >= 0.3 is 0 Å². The van der Waals surface area contributed by atoms with Crippen molar-refractivity contribution in [3.63, 3.8) is 0 Å². The highest BCUT2D eigenvalue weighted by molar-refractivity contribution is 5.20. The van der Waals surface area contributed by atoms with Gasteiger partial charge in [-0.15, -0.1) is 0 Å². The van der Waals surface area contributed by atoms with E-state index in [1.165, 1.54) is 0 Å². The van der Waals surface area contributed by atoms with Gasteiger partial charge in [-0.25, -0.2) is 0 Å². The Kier molecular flexibility index (Phi) is 6.03. The van der Waals surface area contributed by atoms with Crippen LogP contribution in [-0.4, -0.2) is 66.4 Å². The van der Waals surface area contributed by atoms with Gasteiger partial charge in [0.25, 0.3) is 0 Å². The van der Waals surface area contributed by atoms with Crippen LogP contribution in [0.1, 0.15) is 20.3 Å². The molecule has 4 heteroatoms. The Hall–Kier alpha value is -1.10. The van der Waals surface area contributed by atoms with Crippen LogP contribution in [-0.2, 0) is 0 Å². The number of hydrogen-bond acceptors (Lipinski definition) is 4. The Bertz CT molecular complexity index is 395. The van der Waals surface area contributed by atoms with Gasteiger partial charge in [0.1, 0.15) is 5.75 Å². The third-order valence-electron chi connectivity index (χ3n) is 3.71. The zero-order valence-electron chi connectivity index (χ0n) is 13.3. The molecule has 0 radical (unpaired) electrons. The van der Waals surface area contributed by atoms with Crippen molar-refractivity contribution in [2.45, 2.75) is 25.9 Å². The topological polar surface area (TPSA) is 35.9 Å². The monoisotopic (exact) mass is 292 g/mol. The van der Waals surface area contributed by atoms with Crippen molar-refractivity contribution in [3.8, 4) is 5.75 Å². The summed E-state index contributed by atoms with van der Waals surface area (Å²) in [5.41, 5.74) is -0.592. The van der Waals surface area contributed by atoms with E-state index in [0.717, 1.165) is 58.0 Å². The van der Waals surface area contributed by atoms with Crippen LogP contribution in [0.2, 0.25) is 0 Å². The minimum Gasteiger partial charge on any atom is -0.494 e. The Labute approximate surface area is 128 Å². The summed E-state index contributed by atoms with van der Waals surface area (Å²) in [4.78, 5) is 4.83. The van der Waals surface area contributed by atoms with Gasteiger partial charge in [0.15, 0.2) is 0 Å². The maximum Gasteiger partial charge on any atom is 0.119 e. The van der Waals surface area contributed by atoms with Gasteiger partial charge in [-0.3, -0.25) is 4.90 Å². The molecule has 4 nitrogen and oxygen atoms in total. The third kappa shape index (κ3) is 6.46. The number of β-amino-alcohol motifs (C(OH)–C–C–N with tert-alkyl or cyclic N) is 1. The zero-order chi connectivity index (χ0) is 15.1. The first-order valence-electron chi connectivity index (χ1n) is 7.88. The molecule has 21 heavy (non-hydrogen) atoms. The maximum absolute atomic E-state index is 9.85. The molecule has 118 valence electrons. The van der Waals surface area contributed by atoms with Crippen LogP contribution in [0.15, 0.2) is 30.3 Å². The van der Waals surface area contributed by atoms with Gasteiger partial charge in [-0.1, -0.05) is 18.2 Å². The summed E-state index contributed by atoms with van der Waals surface area (Å²) in [6.45, 7) is 10.6. The summed E-state index contributed by atoms with van der Waals surface area (Å²) in [6.07, 6.45) is 1.06. The quantitative estimate of drug-likeness (QED) is 0.778. The number of benzene rings is 1. The highest BCUT2D eigenvalue weighted by Gasteiger charge is 2.22. The van der Waals surface area contributed by atoms with Crippen molar-refractivity contribution in [2.75, 3.05) is 45.9 Å². The number of rotatable bonds is 7. The van der Waals surface area contributed by atoms with Gasteiger partial charge < -0.3 is 14.7 Å². The lowest BCUT2D eigenvalue weighted by molar-refractivity contribution is 0.0173. The number of hydrogen-bond donors (Lipinski definition) is 1. The van der Waals surface area contributed by atoms with Crippen molar-refractivity contribution in [1.82, 2.24) is 9.80 Å². The van der Waals surface area contributed by atoms with Gasteiger partial charge in [0.2, 0.25) is 0 Å². The van der Waals surface area contributed by atoms with Gasteiger partial charge in [-0.2, -0.15) is 0 Å². The summed E-state index contributed by atoms with van der Waals surface area (Å²) in [5, 5.41) is 9.85. The van der Waals surface area contributed by atoms with Gasteiger partial charge in [-0.05, 0) is 32.4 Å². The lowest BCUT2D eigenvalue weighted by atomic mass is 10.1. The summed E-state index contributed by atoms with van der Waals surface area (Å²) < 4.78 is 5.71. The fraction of sp³-hybridized carbons (Fsp3) is 0.647. The molecular weight excluding hydrogens is 264 g/mol. The average Bonchev–Trinajstić information content (AvgIpc) is 2.45. The molecule has 2 rings (SSSR count). The van der Waals surface area contributed by atoms with Crippen molar-refractivity contribution in [3.05, 3.63) is 30.3 Å². The normalized spacial score (nSPS) is 17.9. The Morgan fingerprint density at radius 2 is 1.67 bits per heavy atom. The predicted octanol–water partition coefficient (Wildman–Crippen LogP) is 1.84. The molecule has 0 unspecified atom stereocenters. The number of ether oxygens (including phenoxy) is 1. The molecule has 1 fully saturated rings. The summed E-state index contributed by atoms with van der Waals surface area (Å²) in [6, 6.07) is 9.99. The first-order chi connectivity index (χ1) is 10.0. The van der Waals surface area contributed by atoms with E-state index >= 15 is 0 Å². The van der Waals surface area contributed by atoms with E-state index in [1.54, 1.807) is 0 Å². The average molecular weight is 292 g/mol. The van der Waals surface area contributed by atoms with Crippen molar-refractivity contribution < 1.29 is 9.84 Å². The Morgan fingerprint density at radius 3 is 2.29 bits per heavy atom. The predicted molar refractivity (Wildman–Crippen MR) is 85.7 cm³/mol. The Morgan fingerprint density at radius 1 is 1.05 bits per heavy atom. The molecule has 1 aromatic carbocycles. The van der Waals surface area contributed by atoms with Crippen LogP contribution in [0.5, 0.6) is 5.75 Å². The summed E-state index contributed by atoms with van der Waals surface area (Å²) in [7, 11) is 0. The minimum atomic E-state index is -0.592. The smallest absolute Gasteiger partial charge is 0.119 e. The molecule has 0 amide bonds. The lowest BCUT2D eigenvalue weighted by Crippen LogP contribution is -2.50. The van der Waals surface area contributed by atoms with E-state index in [2.05, 4.69) is 9.80 Å². The second-order valence-electron chi connectivity index (χ2n) is 6.45. The van der Waals surface area contributed by atoms with Crippen molar-refractivity contribution in [2.24, 2.45) is 0 Å². The first-order valence-corrected chi connectivity index (χ1v) is 7.88. The molecule has 1 aliphatic rings. The molecule has 0 aromatic heterocycles. The van der Waals surface area contributed by atoms with Crippen LogP contribution in [0, 0.1) is 0 Å². The summed E-state index contributed by atoms with van der Waals surface area (Å²) >= 11 is 0. The zero-order valence-corrected chi connectivity index (χ0v) is 13.3. The molecule has 0 atom stereocenters. The molecule has 0 spiro atoms. The van der Waals surface area contributed by atoms with Crippen LogP contribution in [0.25, 0.3) is 0 Å². The van der Waals surface area contributed by atoms with Crippen LogP contribution < -0.4 is 4.74 Å². The third-order valence-corrected chi connectivity index (χ3v) is 3.71. The summed E-state index contributed by atoms with van der Waals surface area (Å²) in [5.74, 6) is 0.951. The van der Waals surface area contributed by atoms with E-state index in [9.17, 15) is 5.11 Å². The molecular formula is C17H28N2O2. The van der Waals surface area contributed by atoms with Crippen LogP contribution in [0.3, 0.4) is 0 Å². The second-order valence-corrected chi connectivity index (χ2v) is 6.45. The van der Waals surface area contributed by atoms with Crippen molar-refractivity contribution >= 4 is 0 Å². The van der Waals surface area contributed by atoms with E-state index < -0.39 is 5.60 Å². The minimum absolute atomic E-state index is 0.592. The van der Waals surface area contributed by atoms with Crippen LogP contribution >= 0.6 is 0 Å². The molecule has 0 bridgehead atoms. The van der Waals surface area contributed by atoms with E-state index in [-0.39, 0.29) is 0 Å². The fourth-order valence-corrected chi connectivity index (χ4v) is 2.71. The van der Waals surface area contributed by atoms with Gasteiger partial charge in [0.05, 0.1) is 12.2 Å². The fourth-order valence-electron chi connectivity index (χ4n) is 2.71. The molecule has 1 saturated heterocycles. The molecule has 0 aliphatic carbocycles. The molecule has 1 aromatic rings. The van der Waals surface area contributed by atoms with Crippen molar-refractivity contribution in [1.29, 1.82) is 0 Å². The molecule has 1 N–H and O–H groups in total. The molecule has 1 heterocycles. The van der Waals surface area contributed by atoms with E-state index in [1.807, 2.05) is 44.2 Å². The first kappa shape index (κ1) is 16.3. The highest BCUT2D eigenvalue weighted by Crippen LogP contribution is 2.10. The highest BCUT2D eigenvalue weighted by atomic mass is 16.5.